The lowest BCUT2D eigenvalue weighted by Gasteiger charge is -2.20. The molecule has 0 saturated carbocycles. The minimum Gasteiger partial charge on any atom is -0.378 e. The van der Waals surface area contributed by atoms with E-state index in [0.29, 0.717) is 0 Å². The molecule has 0 aliphatic heterocycles. The van der Waals surface area contributed by atoms with Crippen molar-refractivity contribution in [3.63, 3.8) is 0 Å². The number of para-hydroxylation sites is 1. The van der Waals surface area contributed by atoms with E-state index in [1.54, 1.807) is 0 Å². The number of aromatic amines is 1. The van der Waals surface area contributed by atoms with Crippen LogP contribution in [0.15, 0.2) is 54.7 Å². The number of nitrogens with two attached hydrogens (primary N) is 1. The van der Waals surface area contributed by atoms with Crippen molar-refractivity contribution in [2.45, 2.75) is 38.8 Å². The average Bonchev–Trinajstić information content (AvgIpc) is 3.12. The Labute approximate surface area is 173 Å². The molecule has 2 atom stereocenters. The topological polar surface area (TPSA) is 64.7 Å². The summed E-state index contributed by atoms with van der Waals surface area (Å²) in [5.74, 6) is 0.275. The molecule has 0 saturated heterocycles. The molecule has 3 aromatic rings. The van der Waals surface area contributed by atoms with Crippen LogP contribution in [0.4, 0.5) is 5.69 Å². The molecule has 0 spiro atoms. The van der Waals surface area contributed by atoms with E-state index < -0.39 is 0 Å². The Balaban J connectivity index is 1.88. The summed E-state index contributed by atoms with van der Waals surface area (Å²) in [7, 11) is 4.10. The molecule has 2 aromatic carbocycles. The number of H-pyrrole nitrogens is 1. The summed E-state index contributed by atoms with van der Waals surface area (Å²) >= 11 is 0. The molecule has 154 valence electrons. The lowest BCUT2D eigenvalue weighted by molar-refractivity contribution is -0.674. The summed E-state index contributed by atoms with van der Waals surface area (Å²) in [5, 5.41) is 6.39. The predicted octanol–water partition coefficient (Wildman–Crippen LogP) is 2.84. The molecule has 0 unspecified atom stereocenters. The number of benzene rings is 2. The summed E-state index contributed by atoms with van der Waals surface area (Å²) in [5.41, 5.74) is 4.85. The van der Waals surface area contributed by atoms with Crippen LogP contribution in [0.1, 0.15) is 37.8 Å². The first-order chi connectivity index (χ1) is 13.9. The van der Waals surface area contributed by atoms with E-state index in [2.05, 4.69) is 83.3 Å². The van der Waals surface area contributed by atoms with Crippen LogP contribution in [-0.2, 0) is 4.79 Å². The summed E-state index contributed by atoms with van der Waals surface area (Å²) in [6, 6.07) is 17.1. The second kappa shape index (κ2) is 9.14. The number of nitrogens with zero attached hydrogens (tertiary/aromatic N) is 1. The van der Waals surface area contributed by atoms with Gasteiger partial charge < -0.3 is 20.5 Å². The van der Waals surface area contributed by atoms with Gasteiger partial charge in [0.05, 0.1) is 12.5 Å². The van der Waals surface area contributed by atoms with E-state index in [-0.39, 0.29) is 23.9 Å². The van der Waals surface area contributed by atoms with E-state index in [0.717, 1.165) is 12.1 Å². The van der Waals surface area contributed by atoms with E-state index >= 15 is 0 Å². The quantitative estimate of drug-likeness (QED) is 0.551. The number of amides is 1. The number of carbonyl (C=O) groups is 1. The van der Waals surface area contributed by atoms with Gasteiger partial charge in [0.2, 0.25) is 0 Å². The minimum absolute atomic E-state index is 0.0839. The van der Waals surface area contributed by atoms with Gasteiger partial charge in [0.1, 0.15) is 0 Å². The standard InChI is InChI=1S/C24H32N4O/c1-16(2)27-24(29)17(3)25-14-21(18-10-12-19(13-11-18)28(4)5)22-15-26-23-9-7-6-8-20(22)23/h6-13,15-17,21,25-26H,14H2,1-5H3,(H,27,29)/p+1/t17-,21+/m0/s1. The van der Waals surface area contributed by atoms with Crippen LogP contribution in [0, 0.1) is 0 Å². The molecule has 29 heavy (non-hydrogen) atoms. The van der Waals surface area contributed by atoms with Gasteiger partial charge in [-0.1, -0.05) is 30.3 Å². The SMILES string of the molecule is CC(C)NC(=O)[C@H](C)[NH2+]C[C@H](c1ccc(N(C)C)cc1)c1c[nH]c2ccccc12. The minimum atomic E-state index is -0.133. The van der Waals surface area contributed by atoms with E-state index in [9.17, 15) is 4.79 Å². The van der Waals surface area contributed by atoms with Crippen LogP contribution >= 0.6 is 0 Å². The highest BCUT2D eigenvalue weighted by Gasteiger charge is 2.23. The maximum atomic E-state index is 12.4. The Hall–Kier alpha value is -2.79. The van der Waals surface area contributed by atoms with Crippen molar-refractivity contribution in [1.82, 2.24) is 10.3 Å². The van der Waals surface area contributed by atoms with Crippen LogP contribution < -0.4 is 15.5 Å². The molecule has 0 radical (unpaired) electrons. The summed E-state index contributed by atoms with van der Waals surface area (Å²) < 4.78 is 0. The first kappa shape index (κ1) is 20.9. The molecule has 0 aliphatic carbocycles. The van der Waals surface area contributed by atoms with Crippen LogP contribution in [0.25, 0.3) is 10.9 Å². The zero-order valence-corrected chi connectivity index (χ0v) is 18.1. The normalized spacial score (nSPS) is 13.4. The number of rotatable bonds is 8. The zero-order chi connectivity index (χ0) is 21.0. The Morgan fingerprint density at radius 1 is 1.07 bits per heavy atom. The van der Waals surface area contributed by atoms with Crippen LogP contribution in [0.3, 0.4) is 0 Å². The number of aromatic nitrogens is 1. The van der Waals surface area contributed by atoms with Crippen molar-refractivity contribution in [3.05, 3.63) is 65.9 Å². The van der Waals surface area contributed by atoms with Crippen LogP contribution in [-0.4, -0.2) is 43.6 Å². The third-order valence-electron chi connectivity index (χ3n) is 5.38. The third kappa shape index (κ3) is 4.98. The van der Waals surface area contributed by atoms with Gasteiger partial charge in [0, 0.05) is 42.9 Å². The highest BCUT2D eigenvalue weighted by atomic mass is 16.2. The molecule has 1 amide bonds. The van der Waals surface area contributed by atoms with Crippen molar-refractivity contribution in [2.75, 3.05) is 25.5 Å². The van der Waals surface area contributed by atoms with Gasteiger partial charge in [-0.3, -0.25) is 4.79 Å². The van der Waals surface area contributed by atoms with Gasteiger partial charge in [0.25, 0.3) is 5.91 Å². The fraction of sp³-hybridized carbons (Fsp3) is 0.375. The fourth-order valence-electron chi connectivity index (χ4n) is 3.69. The number of fused-ring (bicyclic) bond motifs is 1. The van der Waals surface area contributed by atoms with Gasteiger partial charge in [-0.05, 0) is 50.1 Å². The fourth-order valence-corrected chi connectivity index (χ4v) is 3.69. The largest absolute Gasteiger partial charge is 0.378 e. The van der Waals surface area contributed by atoms with E-state index in [1.807, 2.05) is 26.8 Å². The Kier molecular flexibility index (Phi) is 6.60. The highest BCUT2D eigenvalue weighted by molar-refractivity contribution is 5.84. The van der Waals surface area contributed by atoms with Crippen LogP contribution in [0.5, 0.6) is 0 Å². The predicted molar refractivity (Wildman–Crippen MR) is 120 cm³/mol. The molecule has 1 aromatic heterocycles. The van der Waals surface area contributed by atoms with Crippen LogP contribution in [0.2, 0.25) is 0 Å². The molecule has 1 heterocycles. The lowest BCUT2D eigenvalue weighted by atomic mass is 9.90. The van der Waals surface area contributed by atoms with Crippen molar-refractivity contribution >= 4 is 22.5 Å². The zero-order valence-electron chi connectivity index (χ0n) is 18.1. The molecule has 0 fully saturated rings. The summed E-state index contributed by atoms with van der Waals surface area (Å²) in [6.07, 6.45) is 2.11. The number of anilines is 1. The summed E-state index contributed by atoms with van der Waals surface area (Å²) in [6.45, 7) is 6.76. The van der Waals surface area contributed by atoms with Crippen molar-refractivity contribution in [2.24, 2.45) is 0 Å². The van der Waals surface area contributed by atoms with Gasteiger partial charge >= 0.3 is 0 Å². The smallest absolute Gasteiger partial charge is 0.278 e. The second-order valence-electron chi connectivity index (χ2n) is 8.25. The van der Waals surface area contributed by atoms with Gasteiger partial charge in [-0.2, -0.15) is 0 Å². The monoisotopic (exact) mass is 393 g/mol. The molecule has 5 heteroatoms. The van der Waals surface area contributed by atoms with Crippen molar-refractivity contribution in [3.8, 4) is 0 Å². The third-order valence-corrected chi connectivity index (χ3v) is 5.38. The first-order valence-electron chi connectivity index (χ1n) is 10.3. The first-order valence-corrected chi connectivity index (χ1v) is 10.3. The number of hydrogen-bond donors (Lipinski definition) is 3. The van der Waals surface area contributed by atoms with Crippen molar-refractivity contribution < 1.29 is 10.1 Å². The molecule has 3 rings (SSSR count). The van der Waals surface area contributed by atoms with E-state index in [4.69, 9.17) is 0 Å². The van der Waals surface area contributed by atoms with Gasteiger partial charge in [-0.25, -0.2) is 0 Å². The number of quaternary nitrogens is 1. The average molecular weight is 394 g/mol. The second-order valence-corrected chi connectivity index (χ2v) is 8.25. The Morgan fingerprint density at radius 3 is 2.41 bits per heavy atom. The molecule has 4 N–H and O–H groups in total. The maximum Gasteiger partial charge on any atom is 0.278 e. The molecular formula is C24H33N4O+. The van der Waals surface area contributed by atoms with Crippen molar-refractivity contribution in [1.29, 1.82) is 0 Å². The highest BCUT2D eigenvalue weighted by Crippen LogP contribution is 2.30. The Bertz CT molecular complexity index is 943. The molecular weight excluding hydrogens is 360 g/mol. The number of hydrogen-bond acceptors (Lipinski definition) is 2. The molecule has 0 bridgehead atoms. The van der Waals surface area contributed by atoms with Gasteiger partial charge in [0.15, 0.2) is 6.04 Å². The maximum absolute atomic E-state index is 12.4. The number of nitrogens with one attached hydrogen (secondary N) is 2. The van der Waals surface area contributed by atoms with E-state index in [1.165, 1.54) is 22.2 Å². The Morgan fingerprint density at radius 2 is 1.76 bits per heavy atom. The molecule has 0 aliphatic rings. The number of carbonyl (C=O) groups excluding carboxylic acids is 1. The van der Waals surface area contributed by atoms with Gasteiger partial charge in [-0.15, -0.1) is 0 Å². The molecule has 5 nitrogen and oxygen atoms in total. The lowest BCUT2D eigenvalue weighted by Crippen LogP contribution is -2.92. The summed E-state index contributed by atoms with van der Waals surface area (Å²) in [4.78, 5) is 17.9.